The molecule has 0 spiro atoms. The van der Waals surface area contributed by atoms with E-state index >= 15 is 0 Å². The summed E-state index contributed by atoms with van der Waals surface area (Å²) < 4.78 is 0. The lowest BCUT2D eigenvalue weighted by atomic mass is 10.0. The number of hydrogen-bond acceptors (Lipinski definition) is 3. The number of nitrogens with zero attached hydrogens (tertiary/aromatic N) is 3. The van der Waals surface area contributed by atoms with Crippen molar-refractivity contribution >= 4 is 5.91 Å². The molecule has 0 unspecified atom stereocenters. The van der Waals surface area contributed by atoms with Crippen molar-refractivity contribution in [3.8, 4) is 0 Å². The molecule has 0 aliphatic carbocycles. The summed E-state index contributed by atoms with van der Waals surface area (Å²) in [5.41, 5.74) is 1.29. The summed E-state index contributed by atoms with van der Waals surface area (Å²) in [6, 6.07) is 0.239. The normalized spacial score (nSPS) is 12.7. The van der Waals surface area contributed by atoms with Crippen LogP contribution in [-0.2, 0) is 0 Å². The summed E-state index contributed by atoms with van der Waals surface area (Å²) >= 11 is 0. The molecule has 0 N–H and O–H groups in total. The number of carbonyl (C=O) groups is 1. The first-order valence-corrected chi connectivity index (χ1v) is 8.90. The summed E-state index contributed by atoms with van der Waals surface area (Å²) in [4.78, 5) is 23.3. The lowest BCUT2D eigenvalue weighted by Gasteiger charge is -2.30. The number of aromatic nitrogens is 2. The predicted octanol–water partition coefficient (Wildman–Crippen LogP) is 4.49. The van der Waals surface area contributed by atoms with E-state index in [2.05, 4.69) is 44.6 Å². The standard InChI is InChI=1S/C19H33N3O/c1-14(2)8-7-9-17(6)22(11-10-15(3)4)19(23)18-13-20-16(5)12-21-18/h12-15,17H,7-11H2,1-6H3/t17-/m0/s1. The fourth-order valence-electron chi connectivity index (χ4n) is 2.55. The van der Waals surface area contributed by atoms with Gasteiger partial charge in [-0.1, -0.05) is 40.5 Å². The maximum Gasteiger partial charge on any atom is 0.274 e. The summed E-state index contributed by atoms with van der Waals surface area (Å²) in [7, 11) is 0. The van der Waals surface area contributed by atoms with Crippen LogP contribution >= 0.6 is 0 Å². The lowest BCUT2D eigenvalue weighted by molar-refractivity contribution is 0.0665. The monoisotopic (exact) mass is 319 g/mol. The van der Waals surface area contributed by atoms with Crippen molar-refractivity contribution < 1.29 is 4.79 Å². The maximum absolute atomic E-state index is 12.8. The molecule has 0 saturated carbocycles. The topological polar surface area (TPSA) is 46.1 Å². The van der Waals surface area contributed by atoms with E-state index < -0.39 is 0 Å². The highest BCUT2D eigenvalue weighted by atomic mass is 16.2. The second-order valence-electron chi connectivity index (χ2n) is 7.40. The van der Waals surface area contributed by atoms with Crippen LogP contribution in [0.1, 0.15) is 76.5 Å². The molecule has 0 fully saturated rings. The molecule has 130 valence electrons. The number of amides is 1. The zero-order chi connectivity index (χ0) is 17.4. The molecule has 4 nitrogen and oxygen atoms in total. The zero-order valence-electron chi connectivity index (χ0n) is 15.7. The van der Waals surface area contributed by atoms with E-state index in [0.29, 0.717) is 17.5 Å². The fraction of sp³-hybridized carbons (Fsp3) is 0.737. The van der Waals surface area contributed by atoms with Crippen molar-refractivity contribution in [2.45, 2.75) is 73.3 Å². The molecule has 1 aromatic rings. The molecule has 1 atom stereocenters. The Morgan fingerprint density at radius 3 is 2.17 bits per heavy atom. The predicted molar refractivity (Wildman–Crippen MR) is 95.4 cm³/mol. The molecule has 0 bridgehead atoms. The molecule has 0 radical (unpaired) electrons. The van der Waals surface area contributed by atoms with E-state index in [1.54, 1.807) is 12.4 Å². The minimum absolute atomic E-state index is 0.00944. The molecule has 1 rings (SSSR count). The van der Waals surface area contributed by atoms with Crippen LogP contribution in [0.5, 0.6) is 0 Å². The number of aryl methyl sites for hydroxylation is 1. The number of hydrogen-bond donors (Lipinski definition) is 0. The largest absolute Gasteiger partial charge is 0.335 e. The van der Waals surface area contributed by atoms with Crippen molar-refractivity contribution in [2.24, 2.45) is 11.8 Å². The molecule has 0 saturated heterocycles. The summed E-state index contributed by atoms with van der Waals surface area (Å²) in [6.45, 7) is 13.7. The average Bonchev–Trinajstić information content (AvgIpc) is 2.47. The van der Waals surface area contributed by atoms with Crippen molar-refractivity contribution in [1.82, 2.24) is 14.9 Å². The maximum atomic E-state index is 12.8. The van der Waals surface area contributed by atoms with E-state index in [0.717, 1.165) is 31.5 Å². The summed E-state index contributed by atoms with van der Waals surface area (Å²) in [5.74, 6) is 1.30. The van der Waals surface area contributed by atoms with E-state index in [1.165, 1.54) is 6.42 Å². The Balaban J connectivity index is 2.77. The van der Waals surface area contributed by atoms with E-state index in [-0.39, 0.29) is 11.9 Å². The Morgan fingerprint density at radius 2 is 1.65 bits per heavy atom. The summed E-state index contributed by atoms with van der Waals surface area (Å²) in [5, 5.41) is 0. The van der Waals surface area contributed by atoms with Gasteiger partial charge in [-0.05, 0) is 38.5 Å². The van der Waals surface area contributed by atoms with Gasteiger partial charge in [-0.2, -0.15) is 0 Å². The first kappa shape index (κ1) is 19.6. The Morgan fingerprint density at radius 1 is 1.00 bits per heavy atom. The average molecular weight is 319 g/mol. The van der Waals surface area contributed by atoms with E-state index in [9.17, 15) is 4.79 Å². The fourth-order valence-corrected chi connectivity index (χ4v) is 2.55. The highest BCUT2D eigenvalue weighted by Crippen LogP contribution is 2.16. The Kier molecular flexibility index (Phi) is 8.21. The van der Waals surface area contributed by atoms with E-state index in [1.807, 2.05) is 11.8 Å². The highest BCUT2D eigenvalue weighted by molar-refractivity contribution is 5.92. The van der Waals surface area contributed by atoms with Gasteiger partial charge >= 0.3 is 0 Å². The van der Waals surface area contributed by atoms with Gasteiger partial charge in [0.05, 0.1) is 11.9 Å². The van der Waals surface area contributed by atoms with Gasteiger partial charge in [0.15, 0.2) is 0 Å². The quantitative estimate of drug-likeness (QED) is 0.674. The smallest absolute Gasteiger partial charge is 0.274 e. The molecule has 23 heavy (non-hydrogen) atoms. The third-order valence-corrected chi connectivity index (χ3v) is 4.14. The molecular formula is C19H33N3O. The molecule has 0 aliphatic rings. The minimum atomic E-state index is 0.00944. The zero-order valence-corrected chi connectivity index (χ0v) is 15.7. The molecule has 1 aromatic heterocycles. The second kappa shape index (κ2) is 9.64. The van der Waals surface area contributed by atoms with Gasteiger partial charge in [0, 0.05) is 18.8 Å². The Hall–Kier alpha value is -1.45. The van der Waals surface area contributed by atoms with Crippen LogP contribution in [0.4, 0.5) is 0 Å². The van der Waals surface area contributed by atoms with Crippen LogP contribution in [-0.4, -0.2) is 33.4 Å². The Labute approximate surface area is 141 Å². The van der Waals surface area contributed by atoms with Crippen LogP contribution in [0.25, 0.3) is 0 Å². The molecule has 0 aromatic carbocycles. The molecular weight excluding hydrogens is 286 g/mol. The van der Waals surface area contributed by atoms with Crippen LogP contribution in [0, 0.1) is 18.8 Å². The molecule has 1 amide bonds. The lowest BCUT2D eigenvalue weighted by Crippen LogP contribution is -2.40. The van der Waals surface area contributed by atoms with E-state index in [4.69, 9.17) is 0 Å². The molecule has 0 aliphatic heterocycles. The van der Waals surface area contributed by atoms with Crippen LogP contribution in [0.3, 0.4) is 0 Å². The number of rotatable bonds is 9. The van der Waals surface area contributed by atoms with Crippen molar-refractivity contribution in [3.05, 3.63) is 23.8 Å². The highest BCUT2D eigenvalue weighted by Gasteiger charge is 2.22. The van der Waals surface area contributed by atoms with Gasteiger partial charge in [-0.25, -0.2) is 4.98 Å². The van der Waals surface area contributed by atoms with Crippen molar-refractivity contribution in [3.63, 3.8) is 0 Å². The first-order valence-electron chi connectivity index (χ1n) is 8.90. The van der Waals surface area contributed by atoms with Gasteiger partial charge in [0.2, 0.25) is 0 Å². The van der Waals surface area contributed by atoms with Crippen LogP contribution in [0.2, 0.25) is 0 Å². The van der Waals surface area contributed by atoms with Crippen molar-refractivity contribution in [2.75, 3.05) is 6.54 Å². The SMILES string of the molecule is Cc1cnc(C(=O)N(CCC(C)C)[C@@H](C)CCCC(C)C)cn1. The summed E-state index contributed by atoms with van der Waals surface area (Å²) in [6.07, 6.45) is 7.68. The third-order valence-electron chi connectivity index (χ3n) is 4.14. The van der Waals surface area contributed by atoms with Crippen LogP contribution < -0.4 is 0 Å². The van der Waals surface area contributed by atoms with Crippen molar-refractivity contribution in [1.29, 1.82) is 0 Å². The Bertz CT molecular complexity index is 468. The van der Waals surface area contributed by atoms with Gasteiger partial charge in [-0.3, -0.25) is 9.78 Å². The third kappa shape index (κ3) is 7.10. The van der Waals surface area contributed by atoms with Gasteiger partial charge in [0.25, 0.3) is 5.91 Å². The van der Waals surface area contributed by atoms with Crippen LogP contribution in [0.15, 0.2) is 12.4 Å². The van der Waals surface area contributed by atoms with Gasteiger partial charge in [0.1, 0.15) is 5.69 Å². The molecule has 4 heteroatoms. The second-order valence-corrected chi connectivity index (χ2v) is 7.40. The molecule has 1 heterocycles. The first-order chi connectivity index (χ1) is 10.8. The van der Waals surface area contributed by atoms with Gasteiger partial charge in [-0.15, -0.1) is 0 Å². The minimum Gasteiger partial charge on any atom is -0.335 e. The number of carbonyl (C=O) groups excluding carboxylic acids is 1. The van der Waals surface area contributed by atoms with Gasteiger partial charge < -0.3 is 4.90 Å².